The molecule has 0 aliphatic rings. The number of hydrogen-bond donors (Lipinski definition) is 0. The number of hydrogen-bond acceptors (Lipinski definition) is 6. The van der Waals surface area contributed by atoms with Crippen LogP contribution in [0, 0.1) is 0 Å². The quantitative estimate of drug-likeness (QED) is 0.346. The summed E-state index contributed by atoms with van der Waals surface area (Å²) in [4.78, 5) is 22.9. The van der Waals surface area contributed by atoms with Crippen molar-refractivity contribution >= 4 is 29.0 Å². The normalized spacial score (nSPS) is 10.8. The third-order valence-electron chi connectivity index (χ3n) is 4.86. The standard InChI is InChI=1S/C24H24N4O2S2/c1-27(2)23(29)13-22-26-18(15-31-22)16-32-24-25-14-21(17-8-5-4-6-9-17)28(24)19-10-7-11-20(12-19)30-3/h4-12,14-15H,13,16H2,1-3H3. The number of aromatic nitrogens is 3. The van der Waals surface area contributed by atoms with Crippen molar-refractivity contribution < 1.29 is 9.53 Å². The molecule has 32 heavy (non-hydrogen) atoms. The van der Waals surface area contributed by atoms with Gasteiger partial charge in [0.05, 0.1) is 36.8 Å². The number of benzene rings is 2. The molecule has 0 bridgehead atoms. The summed E-state index contributed by atoms with van der Waals surface area (Å²) >= 11 is 3.14. The van der Waals surface area contributed by atoms with Gasteiger partial charge in [0, 0.05) is 36.9 Å². The molecule has 1 amide bonds. The molecule has 0 aliphatic carbocycles. The molecule has 164 valence electrons. The molecule has 2 heterocycles. The molecule has 0 saturated heterocycles. The van der Waals surface area contributed by atoms with Gasteiger partial charge in [-0.3, -0.25) is 9.36 Å². The highest BCUT2D eigenvalue weighted by Crippen LogP contribution is 2.32. The van der Waals surface area contributed by atoms with Crippen molar-refractivity contribution in [2.24, 2.45) is 0 Å². The van der Waals surface area contributed by atoms with E-state index in [0.29, 0.717) is 12.2 Å². The fourth-order valence-corrected chi connectivity index (χ4v) is 4.95. The minimum absolute atomic E-state index is 0.0552. The molecule has 2 aromatic heterocycles. The number of nitrogens with zero attached hydrogens (tertiary/aromatic N) is 4. The lowest BCUT2D eigenvalue weighted by Gasteiger charge is -2.13. The maximum Gasteiger partial charge on any atom is 0.228 e. The summed E-state index contributed by atoms with van der Waals surface area (Å²) < 4.78 is 7.58. The molecule has 4 rings (SSSR count). The average molecular weight is 465 g/mol. The lowest BCUT2D eigenvalue weighted by atomic mass is 10.1. The first-order chi connectivity index (χ1) is 15.5. The molecule has 6 nitrogen and oxygen atoms in total. The van der Waals surface area contributed by atoms with Crippen molar-refractivity contribution in [1.82, 2.24) is 19.4 Å². The number of methoxy groups -OCH3 is 1. The van der Waals surface area contributed by atoms with E-state index in [0.717, 1.165) is 38.6 Å². The number of imidazole rings is 1. The summed E-state index contributed by atoms with van der Waals surface area (Å²) in [5, 5.41) is 3.72. The summed E-state index contributed by atoms with van der Waals surface area (Å²) in [5.74, 6) is 1.52. The van der Waals surface area contributed by atoms with Gasteiger partial charge in [0.15, 0.2) is 5.16 Å². The average Bonchev–Trinajstić information content (AvgIpc) is 3.45. The van der Waals surface area contributed by atoms with Gasteiger partial charge in [0.1, 0.15) is 10.8 Å². The van der Waals surface area contributed by atoms with E-state index in [1.54, 1.807) is 37.9 Å². The topological polar surface area (TPSA) is 60.3 Å². The minimum atomic E-state index is 0.0552. The zero-order chi connectivity index (χ0) is 22.5. The smallest absolute Gasteiger partial charge is 0.228 e. The monoisotopic (exact) mass is 464 g/mol. The van der Waals surface area contributed by atoms with Crippen LogP contribution in [0.4, 0.5) is 0 Å². The van der Waals surface area contributed by atoms with E-state index in [1.807, 2.05) is 48.0 Å². The van der Waals surface area contributed by atoms with Gasteiger partial charge in [-0.1, -0.05) is 48.2 Å². The fourth-order valence-electron chi connectivity index (χ4n) is 3.17. The zero-order valence-electron chi connectivity index (χ0n) is 18.2. The van der Waals surface area contributed by atoms with Crippen molar-refractivity contribution in [2.75, 3.05) is 21.2 Å². The molecule has 0 atom stereocenters. The molecule has 0 spiro atoms. The molecular formula is C24H24N4O2S2. The van der Waals surface area contributed by atoms with Gasteiger partial charge < -0.3 is 9.64 Å². The molecule has 4 aromatic rings. The molecule has 0 fully saturated rings. The Balaban J connectivity index is 1.61. The highest BCUT2D eigenvalue weighted by atomic mass is 32.2. The summed E-state index contributed by atoms with van der Waals surface area (Å²) in [6.45, 7) is 0. The first-order valence-corrected chi connectivity index (χ1v) is 12.0. The SMILES string of the molecule is COc1cccc(-n2c(-c3ccccc3)cnc2SCc2csc(CC(=O)N(C)C)n2)c1. The Labute approximate surface area is 195 Å². The lowest BCUT2D eigenvalue weighted by Crippen LogP contribution is -2.23. The van der Waals surface area contributed by atoms with E-state index in [1.165, 1.54) is 11.3 Å². The highest BCUT2D eigenvalue weighted by Gasteiger charge is 2.16. The second-order valence-electron chi connectivity index (χ2n) is 7.32. The second kappa shape index (κ2) is 10.0. The van der Waals surface area contributed by atoms with Crippen molar-refractivity contribution in [3.8, 4) is 22.7 Å². The largest absolute Gasteiger partial charge is 0.497 e. The number of carbonyl (C=O) groups excluding carboxylic acids is 1. The Morgan fingerprint density at radius 1 is 1.16 bits per heavy atom. The van der Waals surface area contributed by atoms with E-state index >= 15 is 0 Å². The van der Waals surface area contributed by atoms with Crippen LogP contribution in [-0.4, -0.2) is 46.5 Å². The number of likely N-dealkylation sites (N-methyl/N-ethyl adjacent to an activating group) is 1. The number of amides is 1. The van der Waals surface area contributed by atoms with Crippen LogP contribution in [0.5, 0.6) is 5.75 Å². The number of carbonyl (C=O) groups is 1. The van der Waals surface area contributed by atoms with E-state index in [9.17, 15) is 4.79 Å². The summed E-state index contributed by atoms with van der Waals surface area (Å²) in [7, 11) is 5.19. The molecule has 0 aliphatic heterocycles. The van der Waals surface area contributed by atoms with Gasteiger partial charge in [-0.05, 0) is 12.1 Å². The van der Waals surface area contributed by atoms with Crippen LogP contribution in [0.25, 0.3) is 16.9 Å². The summed E-state index contributed by atoms with van der Waals surface area (Å²) in [5.41, 5.74) is 4.03. The second-order valence-corrected chi connectivity index (χ2v) is 9.20. The van der Waals surface area contributed by atoms with Crippen LogP contribution < -0.4 is 4.74 Å². The molecule has 8 heteroatoms. The third-order valence-corrected chi connectivity index (χ3v) is 6.74. The summed E-state index contributed by atoms with van der Waals surface area (Å²) in [6.07, 6.45) is 2.23. The maximum absolute atomic E-state index is 12.0. The van der Waals surface area contributed by atoms with E-state index in [4.69, 9.17) is 9.72 Å². The van der Waals surface area contributed by atoms with E-state index in [2.05, 4.69) is 27.8 Å². The molecule has 0 unspecified atom stereocenters. The van der Waals surface area contributed by atoms with Crippen LogP contribution in [-0.2, 0) is 17.0 Å². The van der Waals surface area contributed by atoms with Crippen LogP contribution in [0.3, 0.4) is 0 Å². The molecule has 0 N–H and O–H groups in total. The Morgan fingerprint density at radius 3 is 2.72 bits per heavy atom. The van der Waals surface area contributed by atoms with Gasteiger partial charge >= 0.3 is 0 Å². The van der Waals surface area contributed by atoms with Gasteiger partial charge in [-0.2, -0.15) is 0 Å². The minimum Gasteiger partial charge on any atom is -0.497 e. The Hall–Kier alpha value is -3.10. The van der Waals surface area contributed by atoms with Crippen LogP contribution in [0.1, 0.15) is 10.7 Å². The molecule has 0 saturated carbocycles. The van der Waals surface area contributed by atoms with Crippen LogP contribution in [0.2, 0.25) is 0 Å². The van der Waals surface area contributed by atoms with Crippen molar-refractivity contribution in [2.45, 2.75) is 17.3 Å². The fraction of sp³-hybridized carbons (Fsp3) is 0.208. The van der Waals surface area contributed by atoms with E-state index in [-0.39, 0.29) is 5.91 Å². The third kappa shape index (κ3) is 5.03. The first-order valence-electron chi connectivity index (χ1n) is 10.1. The van der Waals surface area contributed by atoms with Crippen LogP contribution in [0.15, 0.2) is 71.3 Å². The van der Waals surface area contributed by atoms with Crippen molar-refractivity contribution in [3.05, 3.63) is 76.9 Å². The predicted molar refractivity (Wildman–Crippen MR) is 130 cm³/mol. The number of rotatable bonds is 8. The van der Waals surface area contributed by atoms with Crippen molar-refractivity contribution in [3.63, 3.8) is 0 Å². The van der Waals surface area contributed by atoms with Gasteiger partial charge in [-0.25, -0.2) is 9.97 Å². The zero-order valence-corrected chi connectivity index (χ0v) is 19.8. The van der Waals surface area contributed by atoms with Crippen molar-refractivity contribution in [1.29, 1.82) is 0 Å². The Bertz CT molecular complexity index is 1200. The predicted octanol–water partition coefficient (Wildman–Crippen LogP) is 4.93. The number of thiazole rings is 1. The van der Waals surface area contributed by atoms with Crippen LogP contribution >= 0.6 is 23.1 Å². The molecular weight excluding hydrogens is 440 g/mol. The maximum atomic E-state index is 12.0. The highest BCUT2D eigenvalue weighted by molar-refractivity contribution is 7.98. The molecule has 2 aromatic carbocycles. The first kappa shape index (κ1) is 22.1. The number of ether oxygens (including phenoxy) is 1. The van der Waals surface area contributed by atoms with Gasteiger partial charge in [0.2, 0.25) is 5.91 Å². The van der Waals surface area contributed by atoms with E-state index < -0.39 is 0 Å². The Kier molecular flexibility index (Phi) is 6.92. The van der Waals surface area contributed by atoms with Gasteiger partial charge in [0.25, 0.3) is 0 Å². The number of thioether (sulfide) groups is 1. The Morgan fingerprint density at radius 2 is 1.97 bits per heavy atom. The van der Waals surface area contributed by atoms with Gasteiger partial charge in [-0.15, -0.1) is 11.3 Å². The summed E-state index contributed by atoms with van der Waals surface area (Å²) in [6, 6.07) is 18.2. The molecule has 0 radical (unpaired) electrons. The lowest BCUT2D eigenvalue weighted by molar-refractivity contribution is -0.127.